The van der Waals surface area contributed by atoms with Crippen LogP contribution in [0.25, 0.3) is 0 Å². The lowest BCUT2D eigenvalue weighted by atomic mass is 10.1. The minimum Gasteiger partial charge on any atom is -0.368 e. The van der Waals surface area contributed by atoms with E-state index >= 15 is 0 Å². The number of benzene rings is 1. The number of carbonyl (C=O) groups is 1. The number of primary amides is 1. The maximum absolute atomic E-state index is 10.9. The maximum Gasteiger partial charge on any atom is 0.239 e. The Balaban J connectivity index is 2.42. The Bertz CT molecular complexity index is 322. The van der Waals surface area contributed by atoms with Crippen LogP contribution < -0.4 is 11.1 Å². The fourth-order valence-electron chi connectivity index (χ4n) is 1.55. The first-order valence-electron chi connectivity index (χ1n) is 3.89. The molecule has 0 saturated heterocycles. The smallest absolute Gasteiger partial charge is 0.239 e. The zero-order chi connectivity index (χ0) is 8.55. The van der Waals surface area contributed by atoms with E-state index < -0.39 is 0 Å². The predicted molar refractivity (Wildman–Crippen MR) is 45.2 cm³/mol. The van der Waals surface area contributed by atoms with Crippen LogP contribution in [0.1, 0.15) is 17.2 Å². The third-order valence-electron chi connectivity index (χ3n) is 2.15. The average molecular weight is 162 g/mol. The minimum atomic E-state index is -0.306. The summed E-state index contributed by atoms with van der Waals surface area (Å²) in [7, 11) is 0. The molecular formula is C9H10N2O. The number of nitrogens with two attached hydrogens (primary N) is 1. The van der Waals surface area contributed by atoms with Crippen molar-refractivity contribution < 1.29 is 4.79 Å². The SMILES string of the molecule is NC(=O)C1NCc2ccccc21. The molecule has 0 saturated carbocycles. The van der Waals surface area contributed by atoms with Crippen LogP contribution in [-0.2, 0) is 11.3 Å². The summed E-state index contributed by atoms with van der Waals surface area (Å²) >= 11 is 0. The van der Waals surface area contributed by atoms with E-state index in [1.807, 2.05) is 24.3 Å². The van der Waals surface area contributed by atoms with E-state index in [0.29, 0.717) is 0 Å². The Hall–Kier alpha value is -1.35. The Labute approximate surface area is 70.6 Å². The Morgan fingerprint density at radius 1 is 1.50 bits per heavy atom. The Morgan fingerprint density at radius 3 is 3.00 bits per heavy atom. The van der Waals surface area contributed by atoms with E-state index in [1.165, 1.54) is 5.56 Å². The zero-order valence-corrected chi connectivity index (χ0v) is 6.58. The minimum absolute atomic E-state index is 0.291. The van der Waals surface area contributed by atoms with Crippen LogP contribution in [0.4, 0.5) is 0 Å². The van der Waals surface area contributed by atoms with Crippen molar-refractivity contribution in [3.8, 4) is 0 Å². The van der Waals surface area contributed by atoms with Gasteiger partial charge in [-0.2, -0.15) is 0 Å². The second-order valence-corrected chi connectivity index (χ2v) is 2.92. The molecule has 1 aliphatic rings. The van der Waals surface area contributed by atoms with Gasteiger partial charge in [-0.25, -0.2) is 0 Å². The molecule has 0 aromatic heterocycles. The van der Waals surface area contributed by atoms with Crippen molar-refractivity contribution >= 4 is 5.91 Å². The summed E-state index contributed by atoms with van der Waals surface area (Å²) in [5.41, 5.74) is 7.40. The Kier molecular flexibility index (Phi) is 1.59. The molecule has 3 heteroatoms. The third kappa shape index (κ3) is 0.987. The van der Waals surface area contributed by atoms with E-state index in [2.05, 4.69) is 5.32 Å². The number of hydrogen-bond acceptors (Lipinski definition) is 2. The van der Waals surface area contributed by atoms with Crippen LogP contribution in [0.2, 0.25) is 0 Å². The molecule has 1 aromatic rings. The van der Waals surface area contributed by atoms with Crippen LogP contribution in [0, 0.1) is 0 Å². The van der Waals surface area contributed by atoms with E-state index in [1.54, 1.807) is 0 Å². The molecule has 2 rings (SSSR count). The molecule has 0 aliphatic carbocycles. The zero-order valence-electron chi connectivity index (χ0n) is 6.58. The summed E-state index contributed by atoms with van der Waals surface area (Å²) in [4.78, 5) is 10.9. The lowest BCUT2D eigenvalue weighted by molar-refractivity contribution is -0.119. The molecule has 1 aliphatic heterocycles. The van der Waals surface area contributed by atoms with Gasteiger partial charge in [0.25, 0.3) is 0 Å². The molecule has 0 fully saturated rings. The van der Waals surface area contributed by atoms with Gasteiger partial charge >= 0.3 is 0 Å². The molecule has 0 radical (unpaired) electrons. The second-order valence-electron chi connectivity index (χ2n) is 2.92. The van der Waals surface area contributed by atoms with Crippen LogP contribution in [-0.4, -0.2) is 5.91 Å². The van der Waals surface area contributed by atoms with Crippen molar-refractivity contribution in [2.24, 2.45) is 5.73 Å². The molecule has 1 atom stereocenters. The summed E-state index contributed by atoms with van der Waals surface area (Å²) in [5, 5.41) is 3.05. The summed E-state index contributed by atoms with van der Waals surface area (Å²) in [6.45, 7) is 0.740. The molecule has 1 aromatic carbocycles. The molecule has 3 N–H and O–H groups in total. The third-order valence-corrected chi connectivity index (χ3v) is 2.15. The number of amides is 1. The van der Waals surface area contributed by atoms with Gasteiger partial charge in [-0.15, -0.1) is 0 Å². The van der Waals surface area contributed by atoms with Gasteiger partial charge in [0, 0.05) is 6.54 Å². The van der Waals surface area contributed by atoms with Crippen molar-refractivity contribution in [3.63, 3.8) is 0 Å². The van der Waals surface area contributed by atoms with Gasteiger partial charge in [-0.3, -0.25) is 10.1 Å². The topological polar surface area (TPSA) is 55.1 Å². The normalized spacial score (nSPS) is 20.5. The van der Waals surface area contributed by atoms with Crippen molar-refractivity contribution in [2.75, 3.05) is 0 Å². The molecule has 62 valence electrons. The molecule has 12 heavy (non-hydrogen) atoms. The Morgan fingerprint density at radius 2 is 2.25 bits per heavy atom. The summed E-state index contributed by atoms with van der Waals surface area (Å²) in [5.74, 6) is -0.306. The highest BCUT2D eigenvalue weighted by molar-refractivity contribution is 5.82. The fourth-order valence-corrected chi connectivity index (χ4v) is 1.55. The van der Waals surface area contributed by atoms with Gasteiger partial charge in [-0.1, -0.05) is 24.3 Å². The van der Waals surface area contributed by atoms with E-state index in [-0.39, 0.29) is 11.9 Å². The molecule has 3 nitrogen and oxygen atoms in total. The maximum atomic E-state index is 10.9. The van der Waals surface area contributed by atoms with Crippen LogP contribution in [0.15, 0.2) is 24.3 Å². The van der Waals surface area contributed by atoms with Crippen molar-refractivity contribution in [1.29, 1.82) is 0 Å². The molecule has 1 amide bonds. The molecule has 1 unspecified atom stereocenters. The van der Waals surface area contributed by atoms with Crippen molar-refractivity contribution in [1.82, 2.24) is 5.32 Å². The van der Waals surface area contributed by atoms with E-state index in [9.17, 15) is 4.79 Å². The summed E-state index contributed by atoms with van der Waals surface area (Å²) in [6, 6.07) is 7.53. The van der Waals surface area contributed by atoms with Gasteiger partial charge in [0.05, 0.1) is 0 Å². The number of nitrogens with one attached hydrogen (secondary N) is 1. The first-order valence-corrected chi connectivity index (χ1v) is 3.89. The highest BCUT2D eigenvalue weighted by Gasteiger charge is 2.25. The quantitative estimate of drug-likeness (QED) is 0.624. The summed E-state index contributed by atoms with van der Waals surface area (Å²) < 4.78 is 0. The number of carbonyl (C=O) groups excluding carboxylic acids is 1. The monoisotopic (exact) mass is 162 g/mol. The van der Waals surface area contributed by atoms with Crippen LogP contribution in [0.3, 0.4) is 0 Å². The highest BCUT2D eigenvalue weighted by Crippen LogP contribution is 2.23. The largest absolute Gasteiger partial charge is 0.368 e. The molecular weight excluding hydrogens is 152 g/mol. The van der Waals surface area contributed by atoms with E-state index in [0.717, 1.165) is 12.1 Å². The lowest BCUT2D eigenvalue weighted by Crippen LogP contribution is -2.28. The van der Waals surface area contributed by atoms with Gasteiger partial charge in [0.2, 0.25) is 5.91 Å². The van der Waals surface area contributed by atoms with Gasteiger partial charge in [0.15, 0.2) is 0 Å². The first-order chi connectivity index (χ1) is 5.79. The molecule has 0 spiro atoms. The number of fused-ring (bicyclic) bond motifs is 1. The molecule has 1 heterocycles. The van der Waals surface area contributed by atoms with Crippen molar-refractivity contribution in [2.45, 2.75) is 12.6 Å². The number of rotatable bonds is 1. The van der Waals surface area contributed by atoms with Crippen LogP contribution >= 0.6 is 0 Å². The summed E-state index contributed by atoms with van der Waals surface area (Å²) in [6.07, 6.45) is 0. The first kappa shape index (κ1) is 7.31. The molecule has 0 bridgehead atoms. The van der Waals surface area contributed by atoms with Gasteiger partial charge in [0.1, 0.15) is 6.04 Å². The van der Waals surface area contributed by atoms with E-state index in [4.69, 9.17) is 5.73 Å². The average Bonchev–Trinajstić information content (AvgIpc) is 2.47. The standard InChI is InChI=1S/C9H10N2O/c10-9(12)8-7-4-2-1-3-6(7)5-11-8/h1-4,8,11H,5H2,(H2,10,12). The second kappa shape index (κ2) is 2.60. The van der Waals surface area contributed by atoms with Gasteiger partial charge in [-0.05, 0) is 11.1 Å². The number of hydrogen-bond donors (Lipinski definition) is 2. The fraction of sp³-hybridized carbons (Fsp3) is 0.222. The van der Waals surface area contributed by atoms with Gasteiger partial charge < -0.3 is 5.73 Å². The predicted octanol–water partition coefficient (Wildman–Crippen LogP) is 0.316. The van der Waals surface area contributed by atoms with Crippen LogP contribution in [0.5, 0.6) is 0 Å². The lowest BCUT2D eigenvalue weighted by Gasteiger charge is -2.05. The highest BCUT2D eigenvalue weighted by atomic mass is 16.1. The van der Waals surface area contributed by atoms with Crippen molar-refractivity contribution in [3.05, 3.63) is 35.4 Å².